The van der Waals surface area contributed by atoms with Gasteiger partial charge in [-0.2, -0.15) is 5.10 Å². The molecule has 1 atom stereocenters. The van der Waals surface area contributed by atoms with Gasteiger partial charge in [0.15, 0.2) is 0 Å². The third-order valence-electron chi connectivity index (χ3n) is 2.58. The number of rotatable bonds is 3. The van der Waals surface area contributed by atoms with Crippen molar-refractivity contribution in [2.24, 2.45) is 12.8 Å². The zero-order valence-corrected chi connectivity index (χ0v) is 10.9. The molecule has 2 rings (SSSR count). The third-order valence-corrected chi connectivity index (χ3v) is 3.24. The van der Waals surface area contributed by atoms with Gasteiger partial charge >= 0.3 is 0 Å². The van der Waals surface area contributed by atoms with Gasteiger partial charge in [-0.15, -0.1) is 0 Å². The smallest absolute Gasteiger partial charge is 0.0522 e. The van der Waals surface area contributed by atoms with Crippen LogP contribution in [-0.2, 0) is 13.5 Å². The van der Waals surface area contributed by atoms with Crippen molar-refractivity contribution in [1.82, 2.24) is 9.78 Å². The summed E-state index contributed by atoms with van der Waals surface area (Å²) < 4.78 is 1.75. The summed E-state index contributed by atoms with van der Waals surface area (Å²) in [5.74, 6) is 0. The first kappa shape index (κ1) is 12.4. The maximum absolute atomic E-state index is 6.13. The van der Waals surface area contributed by atoms with E-state index in [-0.39, 0.29) is 6.04 Å². The van der Waals surface area contributed by atoms with Crippen molar-refractivity contribution >= 4 is 23.2 Å². The van der Waals surface area contributed by atoms with Gasteiger partial charge in [-0.3, -0.25) is 4.68 Å². The second-order valence-electron chi connectivity index (χ2n) is 3.97. The molecule has 0 saturated heterocycles. The van der Waals surface area contributed by atoms with Crippen molar-refractivity contribution < 1.29 is 0 Å². The molecule has 2 aromatic rings. The predicted molar refractivity (Wildman–Crippen MR) is 70.3 cm³/mol. The lowest BCUT2D eigenvalue weighted by Gasteiger charge is -2.14. The van der Waals surface area contributed by atoms with Gasteiger partial charge in [0.1, 0.15) is 0 Å². The fourth-order valence-corrected chi connectivity index (χ4v) is 2.48. The topological polar surface area (TPSA) is 43.8 Å². The Labute approximate surface area is 110 Å². The van der Waals surface area contributed by atoms with E-state index in [4.69, 9.17) is 28.9 Å². The summed E-state index contributed by atoms with van der Waals surface area (Å²) >= 11 is 12.2. The second kappa shape index (κ2) is 5.08. The first-order valence-corrected chi connectivity index (χ1v) is 6.00. The van der Waals surface area contributed by atoms with E-state index in [9.17, 15) is 0 Å². The lowest BCUT2D eigenvalue weighted by molar-refractivity contribution is 0.719. The SMILES string of the molecule is Cn1cc(CC(N)c2c(Cl)cccc2Cl)cn1. The van der Waals surface area contributed by atoms with Crippen LogP contribution < -0.4 is 5.73 Å². The summed E-state index contributed by atoms with van der Waals surface area (Å²) in [6, 6.07) is 5.18. The first-order valence-electron chi connectivity index (χ1n) is 5.25. The van der Waals surface area contributed by atoms with E-state index in [1.54, 1.807) is 23.0 Å². The van der Waals surface area contributed by atoms with Crippen LogP contribution in [0.25, 0.3) is 0 Å². The summed E-state index contributed by atoms with van der Waals surface area (Å²) in [6.45, 7) is 0. The standard InChI is InChI=1S/C12H13Cl2N3/c1-17-7-8(6-16-17)5-11(15)12-9(13)3-2-4-10(12)14/h2-4,6-7,11H,5,15H2,1H3. The van der Waals surface area contributed by atoms with Gasteiger partial charge < -0.3 is 5.73 Å². The van der Waals surface area contributed by atoms with E-state index < -0.39 is 0 Å². The average molecular weight is 270 g/mol. The first-order chi connectivity index (χ1) is 8.08. The normalized spacial score (nSPS) is 12.7. The van der Waals surface area contributed by atoms with E-state index in [2.05, 4.69) is 5.10 Å². The van der Waals surface area contributed by atoms with Gasteiger partial charge in [-0.05, 0) is 24.1 Å². The number of hydrogen-bond acceptors (Lipinski definition) is 2. The Morgan fingerprint density at radius 2 is 2.00 bits per heavy atom. The molecule has 0 aliphatic rings. The highest BCUT2D eigenvalue weighted by Gasteiger charge is 2.15. The number of halogens is 2. The zero-order chi connectivity index (χ0) is 12.4. The Morgan fingerprint density at radius 1 is 1.35 bits per heavy atom. The highest BCUT2D eigenvalue weighted by molar-refractivity contribution is 6.36. The second-order valence-corrected chi connectivity index (χ2v) is 4.78. The zero-order valence-electron chi connectivity index (χ0n) is 9.40. The highest BCUT2D eigenvalue weighted by atomic mass is 35.5. The van der Waals surface area contributed by atoms with Crippen molar-refractivity contribution in [3.05, 3.63) is 51.8 Å². The Kier molecular flexibility index (Phi) is 3.72. The maximum atomic E-state index is 6.13. The molecule has 0 radical (unpaired) electrons. The van der Waals surface area contributed by atoms with Crippen molar-refractivity contribution in [3.8, 4) is 0 Å². The number of nitrogens with two attached hydrogens (primary N) is 1. The molecule has 3 nitrogen and oxygen atoms in total. The minimum absolute atomic E-state index is 0.222. The van der Waals surface area contributed by atoms with Gasteiger partial charge in [-0.25, -0.2) is 0 Å². The Balaban J connectivity index is 2.22. The van der Waals surface area contributed by atoms with Gasteiger partial charge in [0.05, 0.1) is 6.20 Å². The molecule has 0 aliphatic carbocycles. The van der Waals surface area contributed by atoms with E-state index in [1.165, 1.54) is 0 Å². The average Bonchev–Trinajstić information content (AvgIpc) is 2.63. The number of aromatic nitrogens is 2. The molecule has 17 heavy (non-hydrogen) atoms. The van der Waals surface area contributed by atoms with Crippen LogP contribution in [0.2, 0.25) is 10.0 Å². The summed E-state index contributed by atoms with van der Waals surface area (Å²) in [5, 5.41) is 5.31. The van der Waals surface area contributed by atoms with Crippen molar-refractivity contribution in [2.75, 3.05) is 0 Å². The fourth-order valence-electron chi connectivity index (χ4n) is 1.80. The molecule has 2 N–H and O–H groups in total. The molecule has 1 heterocycles. The van der Waals surface area contributed by atoms with Crippen LogP contribution in [0.1, 0.15) is 17.2 Å². The van der Waals surface area contributed by atoms with Crippen LogP contribution in [0.4, 0.5) is 0 Å². The van der Waals surface area contributed by atoms with E-state index in [1.807, 2.05) is 19.3 Å². The monoisotopic (exact) mass is 269 g/mol. The maximum Gasteiger partial charge on any atom is 0.0522 e. The molecule has 0 aliphatic heterocycles. The molecule has 0 spiro atoms. The number of benzene rings is 1. The van der Waals surface area contributed by atoms with E-state index in [0.29, 0.717) is 16.5 Å². The predicted octanol–water partition coefficient (Wildman–Crippen LogP) is 2.97. The number of hydrogen-bond donors (Lipinski definition) is 1. The Hall–Kier alpha value is -1.03. The summed E-state index contributed by atoms with van der Waals surface area (Å²) in [7, 11) is 1.87. The third kappa shape index (κ3) is 2.80. The fraction of sp³-hybridized carbons (Fsp3) is 0.250. The molecule has 1 aromatic heterocycles. The lowest BCUT2D eigenvalue weighted by atomic mass is 10.0. The van der Waals surface area contributed by atoms with E-state index in [0.717, 1.165) is 11.1 Å². The summed E-state index contributed by atoms with van der Waals surface area (Å²) in [6.07, 6.45) is 4.40. The van der Waals surface area contributed by atoms with Crippen LogP contribution in [0, 0.1) is 0 Å². The summed E-state index contributed by atoms with van der Waals surface area (Å²) in [4.78, 5) is 0. The molecule has 0 saturated carbocycles. The van der Waals surface area contributed by atoms with Crippen LogP contribution in [0.3, 0.4) is 0 Å². The van der Waals surface area contributed by atoms with Crippen molar-refractivity contribution in [3.63, 3.8) is 0 Å². The van der Waals surface area contributed by atoms with Crippen LogP contribution in [0.15, 0.2) is 30.6 Å². The number of aryl methyl sites for hydroxylation is 1. The minimum atomic E-state index is -0.222. The van der Waals surface area contributed by atoms with Crippen LogP contribution >= 0.6 is 23.2 Å². The minimum Gasteiger partial charge on any atom is -0.324 e. The molecule has 5 heteroatoms. The highest BCUT2D eigenvalue weighted by Crippen LogP contribution is 2.30. The van der Waals surface area contributed by atoms with Crippen molar-refractivity contribution in [2.45, 2.75) is 12.5 Å². The van der Waals surface area contributed by atoms with Gasteiger partial charge in [0, 0.05) is 34.9 Å². The molecule has 1 unspecified atom stereocenters. The largest absolute Gasteiger partial charge is 0.324 e. The van der Waals surface area contributed by atoms with Crippen LogP contribution in [-0.4, -0.2) is 9.78 Å². The molecule has 0 amide bonds. The van der Waals surface area contributed by atoms with E-state index >= 15 is 0 Å². The Morgan fingerprint density at radius 3 is 2.53 bits per heavy atom. The summed E-state index contributed by atoms with van der Waals surface area (Å²) in [5.41, 5.74) is 7.99. The number of nitrogens with zero attached hydrogens (tertiary/aromatic N) is 2. The molecule has 90 valence electrons. The lowest BCUT2D eigenvalue weighted by Crippen LogP contribution is -2.14. The van der Waals surface area contributed by atoms with Gasteiger partial charge in [0.2, 0.25) is 0 Å². The quantitative estimate of drug-likeness (QED) is 0.931. The van der Waals surface area contributed by atoms with Gasteiger partial charge in [-0.1, -0.05) is 29.3 Å². The molecule has 1 aromatic carbocycles. The van der Waals surface area contributed by atoms with Gasteiger partial charge in [0.25, 0.3) is 0 Å². The molecular weight excluding hydrogens is 257 g/mol. The van der Waals surface area contributed by atoms with Crippen LogP contribution in [0.5, 0.6) is 0 Å². The molecular formula is C12H13Cl2N3. The van der Waals surface area contributed by atoms with Crippen molar-refractivity contribution in [1.29, 1.82) is 0 Å². The molecule has 0 bridgehead atoms. The molecule has 0 fully saturated rings. The Bertz CT molecular complexity index is 502.